The van der Waals surface area contributed by atoms with Crippen LogP contribution in [0.4, 0.5) is 5.82 Å². The van der Waals surface area contributed by atoms with E-state index in [4.69, 9.17) is 0 Å². The van der Waals surface area contributed by atoms with E-state index < -0.39 is 0 Å². The molecule has 1 amide bonds. The summed E-state index contributed by atoms with van der Waals surface area (Å²) in [6.45, 7) is 2.06. The summed E-state index contributed by atoms with van der Waals surface area (Å²) in [5.74, 6) is 0.698. The number of aryl methyl sites for hydroxylation is 1. The Bertz CT molecular complexity index is 902. The molecule has 0 aliphatic heterocycles. The summed E-state index contributed by atoms with van der Waals surface area (Å²) >= 11 is 0. The number of nitrogens with zero attached hydrogens (tertiary/aromatic N) is 3. The second-order valence-corrected chi connectivity index (χ2v) is 5.96. The molecule has 2 heterocycles. The first kappa shape index (κ1) is 13.8. The predicted molar refractivity (Wildman–Crippen MR) is 88.9 cm³/mol. The second-order valence-electron chi connectivity index (χ2n) is 5.96. The van der Waals surface area contributed by atoms with Crippen LogP contribution in [0.25, 0.3) is 22.0 Å². The largest absolute Gasteiger partial charge is 0.309 e. The van der Waals surface area contributed by atoms with Crippen LogP contribution in [0.2, 0.25) is 0 Å². The Morgan fingerprint density at radius 1 is 1.17 bits per heavy atom. The number of aromatic nitrogens is 3. The van der Waals surface area contributed by atoms with Crippen LogP contribution in [0.15, 0.2) is 42.7 Å². The molecule has 1 aromatic carbocycles. The topological polar surface area (TPSA) is 67.8 Å². The van der Waals surface area contributed by atoms with E-state index >= 15 is 0 Å². The maximum atomic E-state index is 11.9. The number of anilines is 1. The molecule has 1 fully saturated rings. The first-order valence-electron chi connectivity index (χ1n) is 7.70. The number of carbonyl (C=O) groups excluding carboxylic acids is 1. The van der Waals surface area contributed by atoms with Gasteiger partial charge < -0.3 is 5.32 Å². The molecule has 23 heavy (non-hydrogen) atoms. The van der Waals surface area contributed by atoms with Gasteiger partial charge in [0.1, 0.15) is 0 Å². The lowest BCUT2D eigenvalue weighted by atomic mass is 10.0. The van der Waals surface area contributed by atoms with E-state index in [1.807, 2.05) is 30.5 Å². The standard InChI is InChI=1S/C18H16N4O/c1-11-6-7-19-10-15(11)13-4-5-16-14(8-13)9-17(22-21-16)20-18(23)12-2-3-12/h4-10,12H,2-3H2,1H3,(H,20,22,23). The molecule has 2 aromatic heterocycles. The van der Waals surface area contributed by atoms with Gasteiger partial charge in [0.25, 0.3) is 0 Å². The average Bonchev–Trinajstić information content (AvgIpc) is 3.39. The van der Waals surface area contributed by atoms with E-state index in [-0.39, 0.29) is 11.8 Å². The van der Waals surface area contributed by atoms with Crippen molar-refractivity contribution in [3.05, 3.63) is 48.3 Å². The zero-order valence-corrected chi connectivity index (χ0v) is 12.8. The molecule has 0 unspecified atom stereocenters. The molecular weight excluding hydrogens is 288 g/mol. The molecule has 5 heteroatoms. The fourth-order valence-electron chi connectivity index (χ4n) is 2.61. The maximum Gasteiger partial charge on any atom is 0.228 e. The van der Waals surface area contributed by atoms with Gasteiger partial charge in [-0.15, -0.1) is 10.2 Å². The minimum Gasteiger partial charge on any atom is -0.309 e. The number of fused-ring (bicyclic) bond motifs is 1. The Kier molecular flexibility index (Phi) is 3.26. The van der Waals surface area contributed by atoms with Gasteiger partial charge in [-0.05, 0) is 55.2 Å². The summed E-state index contributed by atoms with van der Waals surface area (Å²) in [6.07, 6.45) is 5.59. The van der Waals surface area contributed by atoms with Crippen LogP contribution in [-0.2, 0) is 4.79 Å². The molecule has 0 spiro atoms. The summed E-state index contributed by atoms with van der Waals surface area (Å²) in [6, 6.07) is 9.88. The average molecular weight is 304 g/mol. The van der Waals surface area contributed by atoms with Crippen molar-refractivity contribution in [2.24, 2.45) is 5.92 Å². The van der Waals surface area contributed by atoms with Crippen molar-refractivity contribution in [1.82, 2.24) is 15.2 Å². The Morgan fingerprint density at radius 2 is 2.04 bits per heavy atom. The van der Waals surface area contributed by atoms with Crippen LogP contribution in [-0.4, -0.2) is 21.1 Å². The van der Waals surface area contributed by atoms with Crippen molar-refractivity contribution in [3.8, 4) is 11.1 Å². The summed E-state index contributed by atoms with van der Waals surface area (Å²) in [5, 5.41) is 12.1. The lowest BCUT2D eigenvalue weighted by molar-refractivity contribution is -0.117. The molecule has 0 radical (unpaired) electrons. The van der Waals surface area contributed by atoms with Crippen LogP contribution in [0.1, 0.15) is 18.4 Å². The number of amides is 1. The minimum atomic E-state index is 0.0397. The van der Waals surface area contributed by atoms with Crippen LogP contribution >= 0.6 is 0 Å². The van der Waals surface area contributed by atoms with Crippen molar-refractivity contribution in [1.29, 1.82) is 0 Å². The number of rotatable bonds is 3. The molecule has 0 atom stereocenters. The zero-order chi connectivity index (χ0) is 15.8. The van der Waals surface area contributed by atoms with Gasteiger partial charge >= 0.3 is 0 Å². The van der Waals surface area contributed by atoms with E-state index in [9.17, 15) is 4.79 Å². The molecule has 4 rings (SSSR count). The first-order valence-corrected chi connectivity index (χ1v) is 7.70. The van der Waals surface area contributed by atoms with Crippen LogP contribution in [0.5, 0.6) is 0 Å². The Labute approximate surface area is 133 Å². The van der Waals surface area contributed by atoms with Gasteiger partial charge in [0.05, 0.1) is 5.52 Å². The highest BCUT2D eigenvalue weighted by Gasteiger charge is 2.29. The van der Waals surface area contributed by atoms with Gasteiger partial charge in [-0.2, -0.15) is 0 Å². The van der Waals surface area contributed by atoms with Gasteiger partial charge in [-0.1, -0.05) is 6.07 Å². The Balaban J connectivity index is 1.71. The smallest absolute Gasteiger partial charge is 0.228 e. The van der Waals surface area contributed by atoms with Gasteiger partial charge in [0, 0.05) is 29.3 Å². The molecule has 0 bridgehead atoms. The molecule has 1 aliphatic carbocycles. The van der Waals surface area contributed by atoms with E-state index in [1.54, 1.807) is 6.20 Å². The third-order valence-corrected chi connectivity index (χ3v) is 4.13. The number of carbonyl (C=O) groups is 1. The third kappa shape index (κ3) is 2.77. The van der Waals surface area contributed by atoms with E-state index in [0.29, 0.717) is 5.82 Å². The first-order chi connectivity index (χ1) is 11.2. The van der Waals surface area contributed by atoms with Crippen molar-refractivity contribution in [3.63, 3.8) is 0 Å². The SMILES string of the molecule is Cc1ccncc1-c1ccc2nnc(NC(=O)C3CC3)cc2c1. The number of benzene rings is 1. The lowest BCUT2D eigenvalue weighted by Crippen LogP contribution is -2.14. The zero-order valence-electron chi connectivity index (χ0n) is 12.8. The number of nitrogens with one attached hydrogen (secondary N) is 1. The predicted octanol–water partition coefficient (Wildman–Crippen LogP) is 3.35. The maximum absolute atomic E-state index is 11.9. The van der Waals surface area contributed by atoms with Crippen LogP contribution in [0.3, 0.4) is 0 Å². The van der Waals surface area contributed by atoms with Crippen LogP contribution < -0.4 is 5.32 Å². The highest BCUT2D eigenvalue weighted by molar-refractivity contribution is 5.95. The third-order valence-electron chi connectivity index (χ3n) is 4.13. The fraction of sp³-hybridized carbons (Fsp3) is 0.222. The van der Waals surface area contributed by atoms with Gasteiger partial charge in [0.2, 0.25) is 5.91 Å². The molecule has 1 N–H and O–H groups in total. The monoisotopic (exact) mass is 304 g/mol. The fourth-order valence-corrected chi connectivity index (χ4v) is 2.61. The van der Waals surface area contributed by atoms with Crippen LogP contribution in [0, 0.1) is 12.8 Å². The molecule has 1 saturated carbocycles. The molecular formula is C18H16N4O. The highest BCUT2D eigenvalue weighted by atomic mass is 16.2. The summed E-state index contributed by atoms with van der Waals surface area (Å²) < 4.78 is 0. The van der Waals surface area contributed by atoms with Crippen molar-refractivity contribution >= 4 is 22.6 Å². The summed E-state index contributed by atoms with van der Waals surface area (Å²) in [4.78, 5) is 16.1. The highest BCUT2D eigenvalue weighted by Crippen LogP contribution is 2.30. The van der Waals surface area contributed by atoms with E-state index in [2.05, 4.69) is 33.5 Å². The van der Waals surface area contributed by atoms with Gasteiger partial charge in [0.15, 0.2) is 5.82 Å². The number of hydrogen-bond acceptors (Lipinski definition) is 4. The van der Waals surface area contributed by atoms with Gasteiger partial charge in [-0.25, -0.2) is 0 Å². The molecule has 5 nitrogen and oxygen atoms in total. The van der Waals surface area contributed by atoms with Crippen molar-refractivity contribution in [2.45, 2.75) is 19.8 Å². The second kappa shape index (κ2) is 5.43. The van der Waals surface area contributed by atoms with Crippen molar-refractivity contribution < 1.29 is 4.79 Å². The summed E-state index contributed by atoms with van der Waals surface area (Å²) in [7, 11) is 0. The quantitative estimate of drug-likeness (QED) is 0.805. The number of pyridine rings is 1. The Morgan fingerprint density at radius 3 is 2.83 bits per heavy atom. The van der Waals surface area contributed by atoms with E-state index in [1.165, 1.54) is 5.56 Å². The molecule has 114 valence electrons. The molecule has 3 aromatic rings. The molecule has 1 aliphatic rings. The van der Waals surface area contributed by atoms with E-state index in [0.717, 1.165) is 34.9 Å². The number of hydrogen-bond donors (Lipinski definition) is 1. The molecule has 0 saturated heterocycles. The Hall–Kier alpha value is -2.82. The minimum absolute atomic E-state index is 0.0397. The normalized spacial score (nSPS) is 14.0. The lowest BCUT2D eigenvalue weighted by Gasteiger charge is -2.07. The van der Waals surface area contributed by atoms with Crippen molar-refractivity contribution in [2.75, 3.05) is 5.32 Å². The van der Waals surface area contributed by atoms with Gasteiger partial charge in [-0.3, -0.25) is 9.78 Å². The summed E-state index contributed by atoms with van der Waals surface area (Å²) in [5.41, 5.74) is 4.15.